The fraction of sp³-hybridized carbons (Fsp3) is 0.158. The maximum Gasteiger partial charge on any atom is 0.416 e. The Balaban J connectivity index is 1.91. The zero-order chi connectivity index (χ0) is 18.9. The minimum Gasteiger partial charge on any atom is -0.300 e. The van der Waals surface area contributed by atoms with Gasteiger partial charge in [-0.05, 0) is 54.9 Å². The fourth-order valence-electron chi connectivity index (χ4n) is 2.54. The number of nitrogens with one attached hydrogen (secondary N) is 1. The first-order valence-electron chi connectivity index (χ1n) is 7.77. The van der Waals surface area contributed by atoms with Crippen molar-refractivity contribution in [3.63, 3.8) is 0 Å². The van der Waals surface area contributed by atoms with Gasteiger partial charge in [-0.25, -0.2) is 4.99 Å². The van der Waals surface area contributed by atoms with Crippen LogP contribution in [0.1, 0.15) is 22.3 Å². The van der Waals surface area contributed by atoms with Gasteiger partial charge in [0, 0.05) is 0 Å². The number of hydrogen-bond acceptors (Lipinski definition) is 3. The Morgan fingerprint density at radius 2 is 1.85 bits per heavy atom. The highest BCUT2D eigenvalue weighted by atomic mass is 32.2. The maximum absolute atomic E-state index is 13.1. The lowest BCUT2D eigenvalue weighted by molar-refractivity contribution is -0.137. The molecule has 1 aliphatic rings. The number of amidine groups is 1. The molecule has 0 spiro atoms. The van der Waals surface area contributed by atoms with Crippen LogP contribution in [0.15, 0.2) is 52.4 Å². The quantitative estimate of drug-likeness (QED) is 0.731. The van der Waals surface area contributed by atoms with Gasteiger partial charge in [0.1, 0.15) is 0 Å². The molecule has 1 amide bonds. The van der Waals surface area contributed by atoms with E-state index in [4.69, 9.17) is 0 Å². The molecule has 2 aromatic carbocycles. The average molecular weight is 376 g/mol. The van der Waals surface area contributed by atoms with E-state index in [-0.39, 0.29) is 10.5 Å². The molecule has 3 rings (SSSR count). The Morgan fingerprint density at radius 3 is 2.54 bits per heavy atom. The number of halogens is 3. The molecule has 0 unspecified atom stereocenters. The molecule has 134 valence electrons. The van der Waals surface area contributed by atoms with E-state index in [9.17, 15) is 18.0 Å². The summed E-state index contributed by atoms with van der Waals surface area (Å²) < 4.78 is 39.3. The van der Waals surface area contributed by atoms with Crippen molar-refractivity contribution in [1.29, 1.82) is 0 Å². The molecule has 1 saturated heterocycles. The monoisotopic (exact) mass is 376 g/mol. The lowest BCUT2D eigenvalue weighted by Crippen LogP contribution is -2.19. The Morgan fingerprint density at radius 1 is 1.12 bits per heavy atom. The van der Waals surface area contributed by atoms with E-state index in [1.165, 1.54) is 24.3 Å². The van der Waals surface area contributed by atoms with Crippen LogP contribution in [0.4, 0.5) is 18.9 Å². The summed E-state index contributed by atoms with van der Waals surface area (Å²) in [4.78, 5) is 16.7. The van der Waals surface area contributed by atoms with E-state index < -0.39 is 17.6 Å². The van der Waals surface area contributed by atoms with E-state index in [0.717, 1.165) is 29.0 Å². The number of alkyl halides is 3. The Kier molecular flexibility index (Phi) is 4.91. The first-order valence-corrected chi connectivity index (χ1v) is 8.59. The highest BCUT2D eigenvalue weighted by Crippen LogP contribution is 2.35. The summed E-state index contributed by atoms with van der Waals surface area (Å²) in [5.74, 6) is -0.463. The molecule has 0 saturated carbocycles. The number of hydrogen-bond donors (Lipinski definition) is 1. The number of benzene rings is 2. The second-order valence-corrected chi connectivity index (χ2v) is 6.89. The van der Waals surface area contributed by atoms with Crippen LogP contribution in [-0.2, 0) is 11.0 Å². The van der Waals surface area contributed by atoms with Crippen LogP contribution in [0.5, 0.6) is 0 Å². The molecule has 1 N–H and O–H groups in total. The minimum absolute atomic E-state index is 0.0505. The van der Waals surface area contributed by atoms with Crippen LogP contribution < -0.4 is 5.32 Å². The van der Waals surface area contributed by atoms with Gasteiger partial charge in [0.15, 0.2) is 5.17 Å². The van der Waals surface area contributed by atoms with Gasteiger partial charge in [-0.3, -0.25) is 4.79 Å². The molecule has 1 fully saturated rings. The summed E-state index contributed by atoms with van der Waals surface area (Å²) >= 11 is 1.02. The highest BCUT2D eigenvalue weighted by Gasteiger charge is 2.33. The number of rotatable bonds is 2. The number of carbonyl (C=O) groups is 1. The van der Waals surface area contributed by atoms with Gasteiger partial charge in [-0.15, -0.1) is 0 Å². The van der Waals surface area contributed by atoms with Gasteiger partial charge in [-0.1, -0.05) is 35.9 Å². The third-order valence-electron chi connectivity index (χ3n) is 3.78. The van der Waals surface area contributed by atoms with Crippen LogP contribution in [0.25, 0.3) is 6.08 Å². The van der Waals surface area contributed by atoms with Gasteiger partial charge >= 0.3 is 6.18 Å². The SMILES string of the molecule is Cc1ccc(N=C2NC(=O)/C(=C\c3ccccc3C(F)(F)F)S2)c(C)c1. The van der Waals surface area contributed by atoms with Crippen LogP contribution in [0.3, 0.4) is 0 Å². The van der Waals surface area contributed by atoms with E-state index in [1.807, 2.05) is 32.0 Å². The van der Waals surface area contributed by atoms with Crippen LogP contribution >= 0.6 is 11.8 Å². The van der Waals surface area contributed by atoms with E-state index in [2.05, 4.69) is 10.3 Å². The van der Waals surface area contributed by atoms with Crippen LogP contribution in [0.2, 0.25) is 0 Å². The lowest BCUT2D eigenvalue weighted by atomic mass is 10.1. The topological polar surface area (TPSA) is 41.5 Å². The van der Waals surface area contributed by atoms with Crippen molar-refractivity contribution in [2.45, 2.75) is 20.0 Å². The average Bonchev–Trinajstić information content (AvgIpc) is 2.89. The Hall–Kier alpha value is -2.54. The van der Waals surface area contributed by atoms with Gasteiger partial charge in [0.25, 0.3) is 5.91 Å². The van der Waals surface area contributed by atoms with Gasteiger partial charge in [0.05, 0.1) is 16.2 Å². The molecule has 7 heteroatoms. The second-order valence-electron chi connectivity index (χ2n) is 5.86. The molecule has 0 radical (unpaired) electrons. The van der Waals surface area contributed by atoms with Crippen molar-refractivity contribution in [3.05, 3.63) is 69.6 Å². The smallest absolute Gasteiger partial charge is 0.300 e. The second kappa shape index (κ2) is 6.99. The molecule has 0 aromatic heterocycles. The first kappa shape index (κ1) is 18.3. The van der Waals surface area contributed by atoms with Crippen molar-refractivity contribution >= 4 is 34.6 Å². The molecule has 1 aliphatic heterocycles. The van der Waals surface area contributed by atoms with E-state index in [1.54, 1.807) is 0 Å². The standard InChI is InChI=1S/C19H15F3N2OS/c1-11-7-8-15(12(2)9-11)23-18-24-17(25)16(26-18)10-13-5-3-4-6-14(13)19(20,21)22/h3-10H,1-2H3,(H,23,24,25)/b16-10+. The Bertz CT molecular complexity index is 933. The summed E-state index contributed by atoms with van der Waals surface area (Å²) in [6.45, 7) is 3.87. The van der Waals surface area contributed by atoms with Crippen molar-refractivity contribution in [2.75, 3.05) is 0 Å². The zero-order valence-corrected chi connectivity index (χ0v) is 14.8. The molecule has 0 bridgehead atoms. The molecule has 26 heavy (non-hydrogen) atoms. The molecule has 0 atom stereocenters. The summed E-state index contributed by atoms with van der Waals surface area (Å²) in [5.41, 5.74) is 1.92. The van der Waals surface area contributed by atoms with Crippen LogP contribution in [0, 0.1) is 13.8 Å². The Labute approximate surface area is 153 Å². The number of aryl methyl sites for hydroxylation is 2. The first-order chi connectivity index (χ1) is 12.2. The third-order valence-corrected chi connectivity index (χ3v) is 4.69. The van der Waals surface area contributed by atoms with Gasteiger partial charge in [0.2, 0.25) is 0 Å². The molecule has 2 aromatic rings. The predicted octanol–water partition coefficient (Wildman–Crippen LogP) is 5.21. The van der Waals surface area contributed by atoms with Crippen molar-refractivity contribution in [2.24, 2.45) is 4.99 Å². The summed E-state index contributed by atoms with van der Waals surface area (Å²) in [6, 6.07) is 10.9. The minimum atomic E-state index is -4.48. The molecular weight excluding hydrogens is 361 g/mol. The van der Waals surface area contributed by atoms with E-state index >= 15 is 0 Å². The van der Waals surface area contributed by atoms with Gasteiger partial charge in [-0.2, -0.15) is 13.2 Å². The molecule has 3 nitrogen and oxygen atoms in total. The zero-order valence-electron chi connectivity index (χ0n) is 14.0. The largest absolute Gasteiger partial charge is 0.416 e. The molecule has 1 heterocycles. The number of nitrogens with zero attached hydrogens (tertiary/aromatic N) is 1. The van der Waals surface area contributed by atoms with Gasteiger partial charge < -0.3 is 5.32 Å². The number of carbonyl (C=O) groups excluding carboxylic acids is 1. The molecular formula is C19H15F3N2OS. The number of thioether (sulfide) groups is 1. The lowest BCUT2D eigenvalue weighted by Gasteiger charge is -2.09. The number of amides is 1. The van der Waals surface area contributed by atoms with Crippen LogP contribution in [-0.4, -0.2) is 11.1 Å². The normalized spacial score (nSPS) is 17.8. The fourth-order valence-corrected chi connectivity index (χ4v) is 3.37. The number of aliphatic imine (C=N–C) groups is 1. The summed E-state index contributed by atoms with van der Waals surface area (Å²) in [7, 11) is 0. The summed E-state index contributed by atoms with van der Waals surface area (Å²) in [6.07, 6.45) is -3.24. The molecule has 0 aliphatic carbocycles. The van der Waals surface area contributed by atoms with E-state index in [0.29, 0.717) is 10.9 Å². The maximum atomic E-state index is 13.1. The third kappa shape index (κ3) is 3.99. The van der Waals surface area contributed by atoms with Crippen molar-refractivity contribution < 1.29 is 18.0 Å². The highest BCUT2D eigenvalue weighted by molar-refractivity contribution is 8.18. The van der Waals surface area contributed by atoms with Crippen molar-refractivity contribution in [3.8, 4) is 0 Å². The summed E-state index contributed by atoms with van der Waals surface area (Å²) in [5, 5.41) is 2.94. The predicted molar refractivity (Wildman–Crippen MR) is 98.2 cm³/mol. The van der Waals surface area contributed by atoms with Crippen molar-refractivity contribution in [1.82, 2.24) is 5.32 Å².